The molecule has 1 aromatic rings. The second kappa shape index (κ2) is 8.33. The number of rotatable bonds is 7. The highest BCUT2D eigenvalue weighted by Gasteiger charge is 2.55. The third-order valence-electron chi connectivity index (χ3n) is 5.77. The van der Waals surface area contributed by atoms with Gasteiger partial charge in [-0.1, -0.05) is 19.3 Å². The molecule has 0 aromatic heterocycles. The first-order valence-electron chi connectivity index (χ1n) is 9.76. The smallest absolute Gasteiger partial charge is 0.397 e. The molecule has 2 aliphatic rings. The van der Waals surface area contributed by atoms with Crippen LogP contribution in [0.2, 0.25) is 0 Å². The predicted molar refractivity (Wildman–Crippen MR) is 101 cm³/mol. The van der Waals surface area contributed by atoms with Gasteiger partial charge in [-0.05, 0) is 43.2 Å². The first-order valence-corrected chi connectivity index (χ1v) is 11.2. The molecule has 1 amide bonds. The highest BCUT2D eigenvalue weighted by Crippen LogP contribution is 2.50. The zero-order chi connectivity index (χ0) is 22.2. The Bertz CT molecular complexity index is 908. The van der Waals surface area contributed by atoms with E-state index in [1.807, 2.05) is 4.72 Å². The van der Waals surface area contributed by atoms with E-state index in [2.05, 4.69) is 0 Å². The summed E-state index contributed by atoms with van der Waals surface area (Å²) >= 11 is 0. The summed E-state index contributed by atoms with van der Waals surface area (Å²) in [6, 6.07) is 2.05. The van der Waals surface area contributed by atoms with Crippen LogP contribution in [-0.4, -0.2) is 34.2 Å². The minimum absolute atomic E-state index is 0.0303. The van der Waals surface area contributed by atoms with Crippen molar-refractivity contribution < 1.29 is 35.5 Å². The Kier molecular flexibility index (Phi) is 6.33. The first-order chi connectivity index (χ1) is 14.0. The summed E-state index contributed by atoms with van der Waals surface area (Å²) < 4.78 is 87.9. The van der Waals surface area contributed by atoms with Crippen LogP contribution in [0.5, 0.6) is 5.75 Å². The molecule has 2 saturated carbocycles. The fourth-order valence-electron chi connectivity index (χ4n) is 3.77. The van der Waals surface area contributed by atoms with Crippen LogP contribution in [0.4, 0.5) is 17.6 Å². The van der Waals surface area contributed by atoms with Crippen LogP contribution in [0.15, 0.2) is 12.1 Å². The van der Waals surface area contributed by atoms with Crippen molar-refractivity contribution in [3.63, 3.8) is 0 Å². The topological polar surface area (TPSA) is 84.5 Å². The molecule has 168 valence electrons. The number of carbonyl (C=O) groups is 1. The van der Waals surface area contributed by atoms with Crippen LogP contribution in [-0.2, 0) is 10.2 Å². The molecule has 30 heavy (non-hydrogen) atoms. The van der Waals surface area contributed by atoms with Gasteiger partial charge in [0.2, 0.25) is 0 Å². The first kappa shape index (κ1) is 22.8. The molecule has 2 fully saturated rings. The third-order valence-corrected chi connectivity index (χ3v) is 6.76. The van der Waals surface area contributed by atoms with Crippen LogP contribution in [0.1, 0.15) is 66.8 Å². The van der Waals surface area contributed by atoms with E-state index >= 15 is 0 Å². The Hall–Kier alpha value is -1.88. The molecule has 0 spiro atoms. The molecule has 0 aliphatic heterocycles. The van der Waals surface area contributed by atoms with Crippen molar-refractivity contribution in [2.24, 2.45) is 5.41 Å². The number of hydrogen-bond acceptors (Lipinski definition) is 4. The van der Waals surface area contributed by atoms with Crippen molar-refractivity contribution in [2.75, 3.05) is 13.7 Å². The van der Waals surface area contributed by atoms with E-state index in [1.54, 1.807) is 4.72 Å². The molecular formula is C19H24F4N2O4S. The van der Waals surface area contributed by atoms with Gasteiger partial charge in [0.25, 0.3) is 5.91 Å². The fourth-order valence-corrected chi connectivity index (χ4v) is 4.22. The van der Waals surface area contributed by atoms with Gasteiger partial charge in [0, 0.05) is 13.1 Å². The number of ether oxygens (including phenoxy) is 1. The maximum absolute atomic E-state index is 14.6. The van der Waals surface area contributed by atoms with Gasteiger partial charge < -0.3 is 4.74 Å². The molecule has 1 aromatic carbocycles. The molecule has 3 rings (SSSR count). The van der Waals surface area contributed by atoms with E-state index in [-0.39, 0.29) is 24.5 Å². The van der Waals surface area contributed by atoms with Crippen LogP contribution in [0.3, 0.4) is 0 Å². The lowest BCUT2D eigenvalue weighted by molar-refractivity contribution is -0.243. The van der Waals surface area contributed by atoms with Gasteiger partial charge in [-0.3, -0.25) is 4.79 Å². The van der Waals surface area contributed by atoms with Gasteiger partial charge in [0.05, 0.1) is 11.0 Å². The number of hydrogen-bond donors (Lipinski definition) is 2. The fraction of sp³-hybridized carbons (Fsp3) is 0.632. The molecule has 6 nitrogen and oxygen atoms in total. The molecule has 0 unspecified atom stereocenters. The van der Waals surface area contributed by atoms with E-state index < -0.39 is 45.7 Å². The number of amides is 1. The summed E-state index contributed by atoms with van der Waals surface area (Å²) in [4.78, 5) is 12.2. The Morgan fingerprint density at radius 3 is 2.37 bits per heavy atom. The van der Waals surface area contributed by atoms with Crippen molar-refractivity contribution in [3.05, 3.63) is 29.1 Å². The molecule has 0 saturated heterocycles. The molecule has 11 heteroatoms. The largest absolute Gasteiger partial charge is 0.492 e. The van der Waals surface area contributed by atoms with Crippen molar-refractivity contribution in [1.82, 2.24) is 9.44 Å². The summed E-state index contributed by atoms with van der Waals surface area (Å²) in [7, 11) is -3.05. The summed E-state index contributed by atoms with van der Waals surface area (Å²) in [5.74, 6) is -2.34. The van der Waals surface area contributed by atoms with Gasteiger partial charge >= 0.3 is 16.4 Å². The highest BCUT2D eigenvalue weighted by atomic mass is 32.2. The maximum atomic E-state index is 14.6. The average molecular weight is 452 g/mol. The van der Waals surface area contributed by atoms with E-state index in [4.69, 9.17) is 4.74 Å². The lowest BCUT2D eigenvalue weighted by Gasteiger charge is -2.38. The SMILES string of the molecule is CNS(=O)(=O)NC(=O)c1cc(C2CC2)c(OCC2(C(F)(F)F)CCCCC2)cc1F. The van der Waals surface area contributed by atoms with Crippen molar-refractivity contribution in [1.29, 1.82) is 0 Å². The lowest BCUT2D eigenvalue weighted by Crippen LogP contribution is -2.44. The second-order valence-corrected chi connectivity index (χ2v) is 9.53. The van der Waals surface area contributed by atoms with Gasteiger partial charge in [0.1, 0.15) is 18.2 Å². The van der Waals surface area contributed by atoms with E-state index in [0.29, 0.717) is 18.4 Å². The summed E-state index contributed by atoms with van der Waals surface area (Å²) in [5, 5.41) is 0. The highest BCUT2D eigenvalue weighted by molar-refractivity contribution is 7.88. The minimum atomic E-state index is -4.44. The molecule has 0 heterocycles. The monoisotopic (exact) mass is 452 g/mol. The van der Waals surface area contributed by atoms with Crippen LogP contribution >= 0.6 is 0 Å². The third kappa shape index (κ3) is 4.88. The van der Waals surface area contributed by atoms with Crippen LogP contribution in [0.25, 0.3) is 0 Å². The number of nitrogens with one attached hydrogen (secondary N) is 2. The van der Waals surface area contributed by atoms with Gasteiger partial charge in [-0.25, -0.2) is 13.8 Å². The van der Waals surface area contributed by atoms with E-state index in [1.165, 1.54) is 6.07 Å². The number of benzene rings is 1. The Morgan fingerprint density at radius 2 is 1.83 bits per heavy atom. The maximum Gasteiger partial charge on any atom is 0.397 e. The zero-order valence-electron chi connectivity index (χ0n) is 16.4. The van der Waals surface area contributed by atoms with Crippen molar-refractivity contribution in [3.8, 4) is 5.75 Å². The van der Waals surface area contributed by atoms with Crippen molar-refractivity contribution >= 4 is 16.1 Å². The normalized spacial score (nSPS) is 19.4. The molecular weight excluding hydrogens is 428 g/mol. The summed E-state index contributed by atoms with van der Waals surface area (Å²) in [6.07, 6.45) is -1.44. The number of halogens is 4. The van der Waals surface area contributed by atoms with Gasteiger partial charge in [0.15, 0.2) is 0 Å². The minimum Gasteiger partial charge on any atom is -0.492 e. The Morgan fingerprint density at radius 1 is 1.20 bits per heavy atom. The average Bonchev–Trinajstić information content (AvgIpc) is 3.51. The van der Waals surface area contributed by atoms with E-state index in [0.717, 1.165) is 32.4 Å². The lowest BCUT2D eigenvalue weighted by atomic mass is 9.74. The summed E-state index contributed by atoms with van der Waals surface area (Å²) in [6.45, 7) is -0.616. The zero-order valence-corrected chi connectivity index (χ0v) is 17.3. The molecule has 0 atom stereocenters. The number of alkyl halides is 3. The molecule has 2 aliphatic carbocycles. The number of carbonyl (C=O) groups excluding carboxylic acids is 1. The van der Waals surface area contributed by atoms with Crippen molar-refractivity contribution in [2.45, 2.75) is 57.0 Å². The standard InChI is InChI=1S/C19H24F4N2O4S/c1-24-30(27,28)25-17(26)14-9-13(12-5-6-12)16(10-15(14)20)29-11-18(19(21,22)23)7-3-2-4-8-18/h9-10,12,24H,2-8,11H2,1H3,(H,25,26). The quantitative estimate of drug-likeness (QED) is 0.617. The van der Waals surface area contributed by atoms with Gasteiger partial charge in [-0.2, -0.15) is 21.6 Å². The Balaban J connectivity index is 1.87. The van der Waals surface area contributed by atoms with Gasteiger partial charge in [-0.15, -0.1) is 0 Å². The molecule has 0 bridgehead atoms. The van der Waals surface area contributed by atoms with E-state index in [9.17, 15) is 30.8 Å². The van der Waals surface area contributed by atoms with Crippen LogP contribution < -0.4 is 14.2 Å². The molecule has 0 radical (unpaired) electrons. The molecule has 2 N–H and O–H groups in total. The van der Waals surface area contributed by atoms with Crippen LogP contribution in [0, 0.1) is 11.2 Å². The Labute approximate surface area is 172 Å². The second-order valence-electron chi connectivity index (χ2n) is 7.91. The summed E-state index contributed by atoms with van der Waals surface area (Å²) in [5.41, 5.74) is -2.07. The predicted octanol–water partition coefficient (Wildman–Crippen LogP) is 3.79.